The van der Waals surface area contributed by atoms with E-state index < -0.39 is 0 Å². The number of nitrogens with one attached hydrogen (secondary N) is 1. The maximum atomic E-state index is 11.9. The molecule has 0 spiro atoms. The van der Waals surface area contributed by atoms with Gasteiger partial charge in [0.05, 0.1) is 11.9 Å². The van der Waals surface area contributed by atoms with E-state index in [-0.39, 0.29) is 11.8 Å². The Kier molecular flexibility index (Phi) is 3.54. The molecule has 0 bridgehead atoms. The average molecular weight is 218 g/mol. The molecule has 1 aliphatic rings. The van der Waals surface area contributed by atoms with Crippen molar-refractivity contribution in [1.82, 2.24) is 4.98 Å². The first-order valence-corrected chi connectivity index (χ1v) is 5.98. The van der Waals surface area contributed by atoms with Crippen molar-refractivity contribution in [1.29, 1.82) is 0 Å². The van der Waals surface area contributed by atoms with E-state index in [1.807, 2.05) is 13.0 Å². The summed E-state index contributed by atoms with van der Waals surface area (Å²) in [5.41, 5.74) is 1.89. The predicted octanol–water partition coefficient (Wildman–Crippen LogP) is 2.91. The summed E-state index contributed by atoms with van der Waals surface area (Å²) in [6.07, 6.45) is 9.20. The van der Waals surface area contributed by atoms with Crippen molar-refractivity contribution in [3.05, 3.63) is 24.0 Å². The number of carbonyl (C=O) groups is 1. The Hall–Kier alpha value is -1.38. The molecule has 1 saturated carbocycles. The normalized spacial score (nSPS) is 17.1. The van der Waals surface area contributed by atoms with E-state index >= 15 is 0 Å². The molecular weight excluding hydrogens is 200 g/mol. The second-order valence-electron chi connectivity index (χ2n) is 4.58. The lowest BCUT2D eigenvalue weighted by Crippen LogP contribution is -2.24. The third-order valence-corrected chi connectivity index (χ3v) is 3.12. The molecule has 0 radical (unpaired) electrons. The van der Waals surface area contributed by atoms with Gasteiger partial charge in [0.2, 0.25) is 5.91 Å². The first-order chi connectivity index (χ1) is 7.75. The molecule has 0 aliphatic heterocycles. The zero-order chi connectivity index (χ0) is 11.4. The van der Waals surface area contributed by atoms with Gasteiger partial charge in [0.25, 0.3) is 0 Å². The van der Waals surface area contributed by atoms with Crippen LogP contribution in [0, 0.1) is 12.8 Å². The number of aryl methyl sites for hydroxylation is 1. The number of anilines is 1. The standard InChI is InChI=1S/C13H18N2O/c1-10-7-12(9-14-8-10)15-13(16)11-5-3-2-4-6-11/h7-9,11H,2-6H2,1H3,(H,15,16). The van der Waals surface area contributed by atoms with E-state index in [1.54, 1.807) is 12.4 Å². The third-order valence-electron chi connectivity index (χ3n) is 3.12. The van der Waals surface area contributed by atoms with Crippen LogP contribution in [0.15, 0.2) is 18.5 Å². The van der Waals surface area contributed by atoms with Crippen LogP contribution in [0.2, 0.25) is 0 Å². The average Bonchev–Trinajstić information content (AvgIpc) is 2.30. The van der Waals surface area contributed by atoms with E-state index in [0.29, 0.717) is 0 Å². The van der Waals surface area contributed by atoms with Gasteiger partial charge < -0.3 is 5.32 Å². The molecule has 0 aromatic carbocycles. The minimum atomic E-state index is 0.159. The number of rotatable bonds is 2. The van der Waals surface area contributed by atoms with Crippen molar-refractivity contribution < 1.29 is 4.79 Å². The summed E-state index contributed by atoms with van der Waals surface area (Å²) in [5.74, 6) is 0.362. The largest absolute Gasteiger partial charge is 0.324 e. The maximum absolute atomic E-state index is 11.9. The Bertz CT molecular complexity index is 370. The van der Waals surface area contributed by atoms with Gasteiger partial charge >= 0.3 is 0 Å². The second-order valence-corrected chi connectivity index (χ2v) is 4.58. The van der Waals surface area contributed by atoms with E-state index in [1.165, 1.54) is 19.3 Å². The Morgan fingerprint density at radius 2 is 2.06 bits per heavy atom. The Balaban J connectivity index is 1.96. The molecule has 86 valence electrons. The minimum Gasteiger partial charge on any atom is -0.324 e. The van der Waals surface area contributed by atoms with Gasteiger partial charge in [-0.05, 0) is 31.4 Å². The summed E-state index contributed by atoms with van der Waals surface area (Å²) in [7, 11) is 0. The number of nitrogens with zero attached hydrogens (tertiary/aromatic N) is 1. The first-order valence-electron chi connectivity index (χ1n) is 5.98. The van der Waals surface area contributed by atoms with E-state index in [4.69, 9.17) is 0 Å². The predicted molar refractivity (Wildman–Crippen MR) is 64.2 cm³/mol. The Labute approximate surface area is 96.3 Å². The Morgan fingerprint density at radius 1 is 1.31 bits per heavy atom. The summed E-state index contributed by atoms with van der Waals surface area (Å²) in [6, 6.07) is 1.95. The molecule has 1 aromatic rings. The molecule has 1 fully saturated rings. The second kappa shape index (κ2) is 5.10. The highest BCUT2D eigenvalue weighted by molar-refractivity contribution is 5.92. The number of pyridine rings is 1. The van der Waals surface area contributed by atoms with Crippen LogP contribution in [-0.2, 0) is 4.79 Å². The summed E-state index contributed by atoms with van der Waals surface area (Å²) < 4.78 is 0. The van der Waals surface area contributed by atoms with Crippen molar-refractivity contribution in [3.8, 4) is 0 Å². The van der Waals surface area contributed by atoms with Crippen molar-refractivity contribution >= 4 is 11.6 Å². The quantitative estimate of drug-likeness (QED) is 0.829. The number of carbonyl (C=O) groups excluding carboxylic acids is 1. The SMILES string of the molecule is Cc1cncc(NC(=O)C2CCCCC2)c1. The van der Waals surface area contributed by atoms with Crippen LogP contribution in [-0.4, -0.2) is 10.9 Å². The fraction of sp³-hybridized carbons (Fsp3) is 0.538. The molecule has 3 nitrogen and oxygen atoms in total. The van der Waals surface area contributed by atoms with Crippen molar-refractivity contribution in [3.63, 3.8) is 0 Å². The van der Waals surface area contributed by atoms with Crippen LogP contribution in [0.4, 0.5) is 5.69 Å². The van der Waals surface area contributed by atoms with Gasteiger partial charge in [-0.3, -0.25) is 9.78 Å². The molecule has 1 heterocycles. The molecule has 1 aromatic heterocycles. The highest BCUT2D eigenvalue weighted by atomic mass is 16.1. The van der Waals surface area contributed by atoms with Crippen molar-refractivity contribution in [2.75, 3.05) is 5.32 Å². The lowest BCUT2D eigenvalue weighted by Gasteiger charge is -2.20. The fourth-order valence-electron chi connectivity index (χ4n) is 2.23. The number of aromatic nitrogens is 1. The fourth-order valence-corrected chi connectivity index (χ4v) is 2.23. The van der Waals surface area contributed by atoms with Gasteiger partial charge in [-0.15, -0.1) is 0 Å². The number of hydrogen-bond donors (Lipinski definition) is 1. The van der Waals surface area contributed by atoms with Crippen LogP contribution in [0.5, 0.6) is 0 Å². The highest BCUT2D eigenvalue weighted by Gasteiger charge is 2.20. The molecule has 0 atom stereocenters. The topological polar surface area (TPSA) is 42.0 Å². The zero-order valence-electron chi connectivity index (χ0n) is 9.70. The molecule has 1 aliphatic carbocycles. The minimum absolute atomic E-state index is 0.159. The molecular formula is C13H18N2O. The summed E-state index contributed by atoms with van der Waals surface area (Å²) in [6.45, 7) is 1.98. The van der Waals surface area contributed by atoms with E-state index in [2.05, 4.69) is 10.3 Å². The molecule has 1 N–H and O–H groups in total. The molecule has 16 heavy (non-hydrogen) atoms. The van der Waals surface area contributed by atoms with Crippen molar-refractivity contribution in [2.24, 2.45) is 5.92 Å². The lowest BCUT2D eigenvalue weighted by molar-refractivity contribution is -0.120. The molecule has 0 unspecified atom stereocenters. The molecule has 0 saturated heterocycles. The smallest absolute Gasteiger partial charge is 0.227 e. The highest BCUT2D eigenvalue weighted by Crippen LogP contribution is 2.24. The summed E-state index contributed by atoms with van der Waals surface area (Å²) in [5, 5.41) is 2.95. The van der Waals surface area contributed by atoms with Gasteiger partial charge in [-0.1, -0.05) is 19.3 Å². The van der Waals surface area contributed by atoms with Crippen LogP contribution < -0.4 is 5.32 Å². The van der Waals surface area contributed by atoms with Gasteiger partial charge in [0, 0.05) is 12.1 Å². The van der Waals surface area contributed by atoms with Gasteiger partial charge in [0.15, 0.2) is 0 Å². The monoisotopic (exact) mass is 218 g/mol. The summed E-state index contributed by atoms with van der Waals surface area (Å²) >= 11 is 0. The third kappa shape index (κ3) is 2.81. The van der Waals surface area contributed by atoms with Crippen LogP contribution in [0.1, 0.15) is 37.7 Å². The molecule has 3 heteroatoms. The summed E-state index contributed by atoms with van der Waals surface area (Å²) in [4.78, 5) is 16.0. The Morgan fingerprint density at radius 3 is 2.75 bits per heavy atom. The molecule has 1 amide bonds. The molecule has 2 rings (SSSR count). The van der Waals surface area contributed by atoms with Gasteiger partial charge in [-0.25, -0.2) is 0 Å². The first kappa shape index (κ1) is 11.1. The van der Waals surface area contributed by atoms with Crippen LogP contribution >= 0.6 is 0 Å². The van der Waals surface area contributed by atoms with E-state index in [9.17, 15) is 4.79 Å². The zero-order valence-corrected chi connectivity index (χ0v) is 9.70. The maximum Gasteiger partial charge on any atom is 0.227 e. The van der Waals surface area contributed by atoms with Crippen LogP contribution in [0.25, 0.3) is 0 Å². The lowest BCUT2D eigenvalue weighted by atomic mass is 9.88. The van der Waals surface area contributed by atoms with Gasteiger partial charge in [-0.2, -0.15) is 0 Å². The number of hydrogen-bond acceptors (Lipinski definition) is 2. The van der Waals surface area contributed by atoms with Crippen molar-refractivity contribution in [2.45, 2.75) is 39.0 Å². The van der Waals surface area contributed by atoms with E-state index in [0.717, 1.165) is 24.1 Å². The van der Waals surface area contributed by atoms with Crippen LogP contribution in [0.3, 0.4) is 0 Å². The number of amides is 1. The van der Waals surface area contributed by atoms with Gasteiger partial charge in [0.1, 0.15) is 0 Å².